The maximum Gasteiger partial charge on any atom is 0.251 e. The van der Waals surface area contributed by atoms with E-state index in [-0.39, 0.29) is 5.91 Å². The molecule has 2 N–H and O–H groups in total. The van der Waals surface area contributed by atoms with Gasteiger partial charge in [-0.15, -0.1) is 0 Å². The number of hydrogen-bond donors (Lipinski definition) is 2. The minimum atomic E-state index is -0.150. The van der Waals surface area contributed by atoms with Gasteiger partial charge in [0, 0.05) is 18.5 Å². The van der Waals surface area contributed by atoms with Crippen molar-refractivity contribution in [3.05, 3.63) is 17.7 Å². The summed E-state index contributed by atoms with van der Waals surface area (Å²) in [6, 6.07) is 3.29. The molecule has 1 rings (SSSR count). The van der Waals surface area contributed by atoms with Crippen molar-refractivity contribution in [2.24, 2.45) is 0 Å². The average Bonchev–Trinajstić information content (AvgIpc) is 2.49. The zero-order chi connectivity index (χ0) is 15.8. The third kappa shape index (κ3) is 4.82. The summed E-state index contributed by atoms with van der Waals surface area (Å²) in [6.45, 7) is 1.65. The zero-order valence-electron chi connectivity index (χ0n) is 13.4. The normalized spacial score (nSPS) is 10.4. The van der Waals surface area contributed by atoms with Crippen LogP contribution in [0.1, 0.15) is 16.8 Å². The molecule has 0 fully saturated rings. The Kier molecular flexibility index (Phi) is 6.81. The summed E-state index contributed by atoms with van der Waals surface area (Å²) in [7, 11) is 8.75. The number of rotatable bonds is 8. The van der Waals surface area contributed by atoms with Crippen LogP contribution in [0, 0.1) is 0 Å². The molecular weight excluding hydrogens is 272 g/mol. The lowest BCUT2D eigenvalue weighted by atomic mass is 10.1. The fourth-order valence-electron chi connectivity index (χ4n) is 1.96. The summed E-state index contributed by atoms with van der Waals surface area (Å²) < 4.78 is 15.7. The number of amides is 1. The molecule has 1 aromatic rings. The van der Waals surface area contributed by atoms with E-state index in [1.165, 1.54) is 26.2 Å². The lowest BCUT2D eigenvalue weighted by molar-refractivity contribution is -0.858. The molecule has 6 heteroatoms. The number of hydrogen-bond acceptors (Lipinski definition) is 4. The van der Waals surface area contributed by atoms with Crippen LogP contribution in [0.25, 0.3) is 0 Å². The second-order valence-corrected chi connectivity index (χ2v) is 4.98. The molecule has 0 atom stereocenters. The summed E-state index contributed by atoms with van der Waals surface area (Å²) in [5.41, 5.74) is 0.488. The van der Waals surface area contributed by atoms with Gasteiger partial charge in [0.05, 0.1) is 42.0 Å². The van der Waals surface area contributed by atoms with E-state index in [0.717, 1.165) is 13.0 Å². The highest BCUT2D eigenvalue weighted by molar-refractivity contribution is 5.95. The molecular formula is C15H25N2O4+. The van der Waals surface area contributed by atoms with Crippen molar-refractivity contribution >= 4 is 5.91 Å². The first kappa shape index (κ1) is 17.1. The van der Waals surface area contributed by atoms with Crippen molar-refractivity contribution in [1.29, 1.82) is 0 Å². The molecule has 0 aliphatic carbocycles. The van der Waals surface area contributed by atoms with Gasteiger partial charge in [0.25, 0.3) is 5.91 Å². The van der Waals surface area contributed by atoms with Crippen LogP contribution < -0.4 is 24.4 Å². The predicted molar refractivity (Wildman–Crippen MR) is 80.7 cm³/mol. The number of nitrogens with one attached hydrogen (secondary N) is 2. The number of benzene rings is 1. The fourth-order valence-corrected chi connectivity index (χ4v) is 1.96. The van der Waals surface area contributed by atoms with Crippen LogP contribution in [0.2, 0.25) is 0 Å². The molecule has 0 heterocycles. The van der Waals surface area contributed by atoms with Gasteiger partial charge in [0.2, 0.25) is 5.75 Å². The first-order chi connectivity index (χ1) is 10.0. The van der Waals surface area contributed by atoms with Crippen LogP contribution >= 0.6 is 0 Å². The van der Waals surface area contributed by atoms with Crippen molar-refractivity contribution in [3.63, 3.8) is 0 Å². The maximum atomic E-state index is 12.2. The van der Waals surface area contributed by atoms with E-state index in [0.29, 0.717) is 29.4 Å². The van der Waals surface area contributed by atoms with Gasteiger partial charge in [-0.25, -0.2) is 0 Å². The van der Waals surface area contributed by atoms with Crippen molar-refractivity contribution < 1.29 is 23.9 Å². The van der Waals surface area contributed by atoms with Gasteiger partial charge in [-0.2, -0.15) is 0 Å². The van der Waals surface area contributed by atoms with Crippen molar-refractivity contribution in [2.45, 2.75) is 6.42 Å². The molecule has 0 aromatic heterocycles. The molecule has 0 bridgehead atoms. The highest BCUT2D eigenvalue weighted by atomic mass is 16.5. The number of quaternary nitrogens is 1. The molecule has 0 saturated carbocycles. The minimum absolute atomic E-state index is 0.150. The molecule has 0 saturated heterocycles. The average molecular weight is 297 g/mol. The number of carbonyl (C=O) groups is 1. The van der Waals surface area contributed by atoms with Gasteiger partial charge in [-0.3, -0.25) is 4.79 Å². The van der Waals surface area contributed by atoms with E-state index >= 15 is 0 Å². The van der Waals surface area contributed by atoms with Crippen molar-refractivity contribution in [2.75, 3.05) is 48.5 Å². The third-order valence-electron chi connectivity index (χ3n) is 3.07. The molecule has 1 aromatic carbocycles. The SMILES string of the molecule is COc1cc(C(=O)NCCC[NH+](C)C)cc(OC)c1OC. The van der Waals surface area contributed by atoms with Crippen LogP contribution in [0.5, 0.6) is 17.2 Å². The van der Waals surface area contributed by atoms with Gasteiger partial charge < -0.3 is 24.4 Å². The van der Waals surface area contributed by atoms with Crippen LogP contribution in [0.15, 0.2) is 12.1 Å². The Morgan fingerprint density at radius 3 is 2.10 bits per heavy atom. The Bertz CT molecular complexity index is 450. The van der Waals surface area contributed by atoms with E-state index in [4.69, 9.17) is 14.2 Å². The Labute approximate surface area is 126 Å². The van der Waals surface area contributed by atoms with Crippen molar-refractivity contribution in [3.8, 4) is 17.2 Å². The number of ether oxygens (including phenoxy) is 3. The summed E-state index contributed by atoms with van der Waals surface area (Å²) in [5.74, 6) is 1.27. The molecule has 0 spiro atoms. The second-order valence-electron chi connectivity index (χ2n) is 4.98. The molecule has 0 aliphatic heterocycles. The van der Waals surface area contributed by atoms with Crippen LogP contribution in [-0.2, 0) is 0 Å². The summed E-state index contributed by atoms with van der Waals surface area (Å²) in [6.07, 6.45) is 0.929. The Morgan fingerprint density at radius 2 is 1.67 bits per heavy atom. The van der Waals surface area contributed by atoms with Crippen LogP contribution in [0.3, 0.4) is 0 Å². The summed E-state index contributed by atoms with van der Waals surface area (Å²) in [4.78, 5) is 13.5. The Morgan fingerprint density at radius 1 is 1.10 bits per heavy atom. The van der Waals surface area contributed by atoms with E-state index in [2.05, 4.69) is 19.4 Å². The molecule has 0 radical (unpaired) electrons. The molecule has 1 amide bonds. The first-order valence-electron chi connectivity index (χ1n) is 6.90. The standard InChI is InChI=1S/C15H24N2O4/c1-17(2)8-6-7-16-15(18)11-9-12(19-3)14(21-5)13(10-11)20-4/h9-10H,6-8H2,1-5H3,(H,16,18)/p+1. The molecule has 6 nitrogen and oxygen atoms in total. The van der Waals surface area contributed by atoms with Crippen LogP contribution in [0.4, 0.5) is 0 Å². The van der Waals surface area contributed by atoms with E-state index < -0.39 is 0 Å². The number of methoxy groups -OCH3 is 3. The molecule has 118 valence electrons. The largest absolute Gasteiger partial charge is 0.493 e. The van der Waals surface area contributed by atoms with E-state index in [9.17, 15) is 4.79 Å². The molecule has 0 aliphatic rings. The monoisotopic (exact) mass is 297 g/mol. The molecule has 21 heavy (non-hydrogen) atoms. The lowest BCUT2D eigenvalue weighted by Crippen LogP contribution is -3.05. The summed E-state index contributed by atoms with van der Waals surface area (Å²) >= 11 is 0. The quantitative estimate of drug-likeness (QED) is 0.662. The minimum Gasteiger partial charge on any atom is -0.493 e. The smallest absolute Gasteiger partial charge is 0.251 e. The Hall–Kier alpha value is -1.95. The van der Waals surface area contributed by atoms with Crippen molar-refractivity contribution in [1.82, 2.24) is 5.32 Å². The third-order valence-corrected chi connectivity index (χ3v) is 3.07. The van der Waals surface area contributed by atoms with Crippen LogP contribution in [-0.4, -0.2) is 54.4 Å². The van der Waals surface area contributed by atoms with Gasteiger partial charge in [-0.1, -0.05) is 0 Å². The zero-order valence-corrected chi connectivity index (χ0v) is 13.4. The van der Waals surface area contributed by atoms with Gasteiger partial charge in [0.1, 0.15) is 0 Å². The summed E-state index contributed by atoms with van der Waals surface area (Å²) in [5, 5.41) is 2.89. The highest BCUT2D eigenvalue weighted by Gasteiger charge is 2.16. The maximum absolute atomic E-state index is 12.2. The second kappa shape index (κ2) is 8.36. The topological polar surface area (TPSA) is 61.2 Å². The predicted octanol–water partition coefficient (Wildman–Crippen LogP) is -0.0232. The van der Waals surface area contributed by atoms with Gasteiger partial charge in [-0.05, 0) is 12.1 Å². The fraction of sp³-hybridized carbons (Fsp3) is 0.533. The number of carbonyl (C=O) groups excluding carboxylic acids is 1. The van der Waals surface area contributed by atoms with E-state index in [1.807, 2.05) is 0 Å². The van der Waals surface area contributed by atoms with E-state index in [1.54, 1.807) is 12.1 Å². The van der Waals surface area contributed by atoms with Gasteiger partial charge >= 0.3 is 0 Å². The molecule has 0 unspecified atom stereocenters. The first-order valence-corrected chi connectivity index (χ1v) is 6.90. The highest BCUT2D eigenvalue weighted by Crippen LogP contribution is 2.38. The van der Waals surface area contributed by atoms with Gasteiger partial charge in [0.15, 0.2) is 11.5 Å². The lowest BCUT2D eigenvalue weighted by Gasteiger charge is -2.14. The Balaban J connectivity index is 2.80.